The Morgan fingerprint density at radius 1 is 1.04 bits per heavy atom. The van der Waals surface area contributed by atoms with Crippen molar-refractivity contribution >= 4 is 28.3 Å². The van der Waals surface area contributed by atoms with E-state index in [0.29, 0.717) is 11.4 Å². The van der Waals surface area contributed by atoms with E-state index in [1.54, 1.807) is 19.1 Å². The Bertz CT molecular complexity index is 941. The Hall–Kier alpha value is -2.96. The highest BCUT2D eigenvalue weighted by molar-refractivity contribution is 6.13. The number of methoxy groups -OCH3 is 2. The molecule has 0 saturated heterocycles. The molecule has 0 bridgehead atoms. The average Bonchev–Trinajstić information content (AvgIpc) is 2.68. The fourth-order valence-electron chi connectivity index (χ4n) is 3.26. The van der Waals surface area contributed by atoms with Gasteiger partial charge in [-0.15, -0.1) is 0 Å². The molecule has 1 amide bonds. The molecule has 1 aromatic heterocycles. The summed E-state index contributed by atoms with van der Waals surface area (Å²) in [6.07, 6.45) is -1.19. The largest absolute Gasteiger partial charge is 0.352 e. The third-order valence-corrected chi connectivity index (χ3v) is 4.49. The van der Waals surface area contributed by atoms with Gasteiger partial charge in [0.2, 0.25) is 0 Å². The number of carbonyl (C=O) groups excluding carboxylic acids is 1. The van der Waals surface area contributed by atoms with Crippen molar-refractivity contribution in [3.05, 3.63) is 66.2 Å². The highest BCUT2D eigenvalue weighted by Crippen LogP contribution is 2.32. The maximum Gasteiger partial charge on any atom is 0.263 e. The SMILES string of the molecule is COC(OC)[C@H]1Nc2nc3ccccc3cc2C(=O)N1c1ccccc1. The van der Waals surface area contributed by atoms with E-state index >= 15 is 0 Å². The predicted octanol–water partition coefficient (Wildman–Crippen LogP) is 3.25. The van der Waals surface area contributed by atoms with Gasteiger partial charge in [-0.2, -0.15) is 0 Å². The van der Waals surface area contributed by atoms with Crippen molar-refractivity contribution in [3.8, 4) is 0 Å². The van der Waals surface area contributed by atoms with E-state index in [4.69, 9.17) is 9.47 Å². The van der Waals surface area contributed by atoms with Gasteiger partial charge in [-0.05, 0) is 24.3 Å². The number of pyridine rings is 1. The number of nitrogens with one attached hydrogen (secondary N) is 1. The van der Waals surface area contributed by atoms with Crippen LogP contribution in [0.3, 0.4) is 0 Å². The molecule has 0 radical (unpaired) electrons. The Morgan fingerprint density at radius 2 is 1.73 bits per heavy atom. The molecule has 4 rings (SSSR count). The Labute approximate surface area is 151 Å². The molecule has 0 fully saturated rings. The van der Waals surface area contributed by atoms with Crippen molar-refractivity contribution in [1.82, 2.24) is 4.98 Å². The Morgan fingerprint density at radius 3 is 2.46 bits per heavy atom. The van der Waals surface area contributed by atoms with Crippen LogP contribution in [0.5, 0.6) is 0 Å². The van der Waals surface area contributed by atoms with Crippen LogP contribution in [0.4, 0.5) is 11.5 Å². The van der Waals surface area contributed by atoms with Crippen molar-refractivity contribution in [2.45, 2.75) is 12.5 Å². The number of nitrogens with zero attached hydrogens (tertiary/aromatic N) is 2. The topological polar surface area (TPSA) is 63.7 Å². The van der Waals surface area contributed by atoms with E-state index in [1.165, 1.54) is 0 Å². The summed E-state index contributed by atoms with van der Waals surface area (Å²) in [5.74, 6) is 0.386. The fraction of sp³-hybridized carbons (Fsp3) is 0.200. The second-order valence-corrected chi connectivity index (χ2v) is 6.02. The van der Waals surface area contributed by atoms with Crippen LogP contribution in [0.15, 0.2) is 60.7 Å². The van der Waals surface area contributed by atoms with E-state index in [9.17, 15) is 4.79 Å². The fourth-order valence-corrected chi connectivity index (χ4v) is 3.26. The van der Waals surface area contributed by atoms with Crippen LogP contribution in [0.2, 0.25) is 0 Å². The molecule has 0 unspecified atom stereocenters. The number of carbonyl (C=O) groups is 1. The molecule has 132 valence electrons. The summed E-state index contributed by atoms with van der Waals surface area (Å²) in [7, 11) is 3.10. The van der Waals surface area contributed by atoms with Crippen molar-refractivity contribution < 1.29 is 14.3 Å². The molecule has 0 saturated carbocycles. The number of anilines is 2. The van der Waals surface area contributed by atoms with Gasteiger partial charge in [0.25, 0.3) is 5.91 Å². The second kappa shape index (κ2) is 6.74. The van der Waals surface area contributed by atoms with Gasteiger partial charge < -0.3 is 14.8 Å². The first-order chi connectivity index (χ1) is 12.7. The zero-order valence-corrected chi connectivity index (χ0v) is 14.5. The lowest BCUT2D eigenvalue weighted by molar-refractivity contribution is -0.111. The van der Waals surface area contributed by atoms with Crippen LogP contribution in [-0.2, 0) is 9.47 Å². The number of aromatic nitrogens is 1. The number of fused-ring (bicyclic) bond motifs is 2. The number of rotatable bonds is 4. The molecule has 1 aliphatic heterocycles. The van der Waals surface area contributed by atoms with E-state index in [2.05, 4.69) is 10.3 Å². The van der Waals surface area contributed by atoms with Crippen molar-refractivity contribution in [2.24, 2.45) is 0 Å². The van der Waals surface area contributed by atoms with Crippen molar-refractivity contribution in [2.75, 3.05) is 24.4 Å². The standard InChI is InChI=1S/C20H19N3O3/c1-25-20(26-2)18-22-17-15(12-13-8-6-7-11-16(13)21-17)19(24)23(18)14-9-4-3-5-10-14/h3-12,18,20H,1-2H3,(H,21,22)/t18-/m0/s1. The number of hydrogen-bond donors (Lipinski definition) is 1. The minimum Gasteiger partial charge on any atom is -0.352 e. The molecule has 0 aliphatic carbocycles. The summed E-state index contributed by atoms with van der Waals surface area (Å²) in [4.78, 5) is 19.6. The minimum absolute atomic E-state index is 0.146. The number of amides is 1. The molecule has 1 aliphatic rings. The van der Waals surface area contributed by atoms with E-state index < -0.39 is 12.5 Å². The quantitative estimate of drug-likeness (QED) is 0.733. The molecule has 1 atom stereocenters. The summed E-state index contributed by atoms with van der Waals surface area (Å²) in [5.41, 5.74) is 2.10. The van der Waals surface area contributed by atoms with Gasteiger partial charge in [-0.1, -0.05) is 36.4 Å². The first-order valence-electron chi connectivity index (χ1n) is 8.33. The maximum absolute atomic E-state index is 13.3. The summed E-state index contributed by atoms with van der Waals surface area (Å²) in [5, 5.41) is 4.23. The summed E-state index contributed by atoms with van der Waals surface area (Å²) in [6, 6.07) is 19.1. The van der Waals surface area contributed by atoms with E-state index in [1.807, 2.05) is 60.7 Å². The van der Waals surface area contributed by atoms with Gasteiger partial charge in [0.1, 0.15) is 5.82 Å². The Balaban J connectivity index is 1.87. The van der Waals surface area contributed by atoms with Crippen LogP contribution in [0.1, 0.15) is 10.4 Å². The number of benzene rings is 2. The van der Waals surface area contributed by atoms with Crippen LogP contribution in [0.25, 0.3) is 10.9 Å². The molecule has 26 heavy (non-hydrogen) atoms. The molecule has 0 spiro atoms. The van der Waals surface area contributed by atoms with Crippen molar-refractivity contribution in [3.63, 3.8) is 0 Å². The van der Waals surface area contributed by atoms with Crippen LogP contribution >= 0.6 is 0 Å². The smallest absolute Gasteiger partial charge is 0.263 e. The molecule has 3 aromatic rings. The van der Waals surface area contributed by atoms with Crippen LogP contribution in [-0.4, -0.2) is 37.6 Å². The van der Waals surface area contributed by atoms with Gasteiger partial charge in [0.15, 0.2) is 12.5 Å². The van der Waals surface area contributed by atoms with Gasteiger partial charge in [0.05, 0.1) is 11.1 Å². The zero-order chi connectivity index (χ0) is 18.1. The van der Waals surface area contributed by atoms with E-state index in [-0.39, 0.29) is 5.91 Å². The third-order valence-electron chi connectivity index (χ3n) is 4.49. The third kappa shape index (κ3) is 2.69. The summed E-state index contributed by atoms with van der Waals surface area (Å²) in [6.45, 7) is 0. The lowest BCUT2D eigenvalue weighted by Gasteiger charge is -2.40. The maximum atomic E-state index is 13.3. The summed E-state index contributed by atoms with van der Waals surface area (Å²) < 4.78 is 10.9. The molecular weight excluding hydrogens is 330 g/mol. The van der Waals surface area contributed by atoms with Gasteiger partial charge in [-0.25, -0.2) is 4.98 Å². The Kier molecular flexibility index (Phi) is 4.28. The normalized spacial score (nSPS) is 16.7. The monoisotopic (exact) mass is 349 g/mol. The van der Waals surface area contributed by atoms with Gasteiger partial charge in [-0.3, -0.25) is 9.69 Å². The average molecular weight is 349 g/mol. The first-order valence-corrected chi connectivity index (χ1v) is 8.33. The number of ether oxygens (including phenoxy) is 2. The molecule has 6 heteroatoms. The predicted molar refractivity (Wildman–Crippen MR) is 100 cm³/mol. The van der Waals surface area contributed by atoms with Crippen molar-refractivity contribution in [1.29, 1.82) is 0 Å². The van der Waals surface area contributed by atoms with Crippen LogP contribution in [0, 0.1) is 0 Å². The molecule has 1 N–H and O–H groups in total. The van der Waals surface area contributed by atoms with Gasteiger partial charge in [0, 0.05) is 25.3 Å². The molecule has 2 heterocycles. The number of hydrogen-bond acceptors (Lipinski definition) is 5. The summed E-state index contributed by atoms with van der Waals surface area (Å²) >= 11 is 0. The molecular formula is C20H19N3O3. The second-order valence-electron chi connectivity index (χ2n) is 6.02. The highest BCUT2D eigenvalue weighted by atomic mass is 16.7. The van der Waals surface area contributed by atoms with Gasteiger partial charge >= 0.3 is 0 Å². The molecule has 2 aromatic carbocycles. The molecule has 6 nitrogen and oxygen atoms in total. The zero-order valence-electron chi connectivity index (χ0n) is 14.5. The van der Waals surface area contributed by atoms with Crippen LogP contribution < -0.4 is 10.2 Å². The van der Waals surface area contributed by atoms with E-state index in [0.717, 1.165) is 16.6 Å². The number of para-hydroxylation sites is 2. The lowest BCUT2D eigenvalue weighted by Crippen LogP contribution is -2.56. The lowest BCUT2D eigenvalue weighted by atomic mass is 10.1. The highest BCUT2D eigenvalue weighted by Gasteiger charge is 2.39. The first kappa shape index (κ1) is 16.5. The minimum atomic E-state index is -0.652.